The van der Waals surface area contributed by atoms with Crippen molar-refractivity contribution in [1.82, 2.24) is 4.98 Å². The van der Waals surface area contributed by atoms with Crippen LogP contribution in [0.25, 0.3) is 10.6 Å². The number of hydrogen-bond acceptors (Lipinski definition) is 3. The molecule has 0 bridgehead atoms. The Balaban J connectivity index is 2.06. The van der Waals surface area contributed by atoms with Crippen LogP contribution >= 0.6 is 11.3 Å². The Labute approximate surface area is 92.3 Å². The highest BCUT2D eigenvalue weighted by molar-refractivity contribution is 7.19. The van der Waals surface area contributed by atoms with E-state index in [2.05, 4.69) is 29.0 Å². The SMILES string of the molecule is CC1=Nc2sc(-c3ccccc3)nc2C1. The second kappa shape index (κ2) is 3.28. The number of fused-ring (bicyclic) bond motifs is 1. The lowest BCUT2D eigenvalue weighted by molar-refractivity contribution is 1.22. The van der Waals surface area contributed by atoms with Crippen LogP contribution in [-0.4, -0.2) is 10.7 Å². The summed E-state index contributed by atoms with van der Waals surface area (Å²) in [5, 5.41) is 2.17. The molecule has 0 atom stereocenters. The van der Waals surface area contributed by atoms with Gasteiger partial charge in [-0.2, -0.15) is 0 Å². The molecule has 0 saturated heterocycles. The average molecular weight is 214 g/mol. The number of hydrogen-bond donors (Lipinski definition) is 0. The van der Waals surface area contributed by atoms with Crippen molar-refractivity contribution in [2.45, 2.75) is 13.3 Å². The molecule has 0 amide bonds. The van der Waals surface area contributed by atoms with Gasteiger partial charge in [0.1, 0.15) is 10.0 Å². The van der Waals surface area contributed by atoms with Crippen LogP contribution in [-0.2, 0) is 6.42 Å². The van der Waals surface area contributed by atoms with Crippen molar-refractivity contribution in [3.63, 3.8) is 0 Å². The number of thiazole rings is 1. The van der Waals surface area contributed by atoms with Crippen LogP contribution in [0.3, 0.4) is 0 Å². The molecule has 2 nitrogen and oxygen atoms in total. The topological polar surface area (TPSA) is 25.2 Å². The quantitative estimate of drug-likeness (QED) is 0.713. The van der Waals surface area contributed by atoms with Gasteiger partial charge in [0.05, 0.1) is 5.69 Å². The van der Waals surface area contributed by atoms with Gasteiger partial charge in [-0.1, -0.05) is 41.7 Å². The van der Waals surface area contributed by atoms with Gasteiger partial charge in [0.25, 0.3) is 0 Å². The number of aliphatic imine (C=N–C) groups is 1. The van der Waals surface area contributed by atoms with Gasteiger partial charge >= 0.3 is 0 Å². The Morgan fingerprint density at radius 3 is 2.73 bits per heavy atom. The smallest absolute Gasteiger partial charge is 0.139 e. The lowest BCUT2D eigenvalue weighted by Gasteiger charge is -1.94. The van der Waals surface area contributed by atoms with Crippen LogP contribution in [0.4, 0.5) is 5.00 Å². The number of benzene rings is 1. The molecule has 0 N–H and O–H groups in total. The molecule has 0 unspecified atom stereocenters. The van der Waals surface area contributed by atoms with Gasteiger partial charge in [-0.05, 0) is 6.92 Å². The molecule has 1 aliphatic heterocycles. The zero-order valence-corrected chi connectivity index (χ0v) is 9.21. The predicted octanol–water partition coefficient (Wildman–Crippen LogP) is 3.46. The molecule has 0 spiro atoms. The first-order valence-corrected chi connectivity index (χ1v) is 5.74. The Hall–Kier alpha value is -1.48. The van der Waals surface area contributed by atoms with E-state index < -0.39 is 0 Å². The van der Waals surface area contributed by atoms with E-state index in [1.807, 2.05) is 18.2 Å². The lowest BCUT2D eigenvalue weighted by Crippen LogP contribution is -1.90. The fraction of sp³-hybridized carbons (Fsp3) is 0.167. The maximum absolute atomic E-state index is 4.62. The maximum atomic E-state index is 4.62. The highest BCUT2D eigenvalue weighted by Gasteiger charge is 2.17. The molecular weight excluding hydrogens is 204 g/mol. The monoisotopic (exact) mass is 214 g/mol. The van der Waals surface area contributed by atoms with E-state index in [0.717, 1.165) is 22.1 Å². The predicted molar refractivity (Wildman–Crippen MR) is 64.0 cm³/mol. The first-order valence-electron chi connectivity index (χ1n) is 4.92. The van der Waals surface area contributed by atoms with Crippen molar-refractivity contribution in [3.05, 3.63) is 36.0 Å². The van der Waals surface area contributed by atoms with Crippen molar-refractivity contribution >= 4 is 22.0 Å². The second-order valence-corrected chi connectivity index (χ2v) is 4.64. The van der Waals surface area contributed by atoms with Crippen LogP contribution in [0.15, 0.2) is 35.3 Å². The van der Waals surface area contributed by atoms with E-state index in [-0.39, 0.29) is 0 Å². The van der Waals surface area contributed by atoms with Crippen LogP contribution in [0.1, 0.15) is 12.6 Å². The molecule has 1 aromatic heterocycles. The highest BCUT2D eigenvalue weighted by Crippen LogP contribution is 2.37. The summed E-state index contributed by atoms with van der Waals surface area (Å²) >= 11 is 1.68. The van der Waals surface area contributed by atoms with Gasteiger partial charge in [-0.25, -0.2) is 9.98 Å². The Morgan fingerprint density at radius 2 is 2.00 bits per heavy atom. The van der Waals surface area contributed by atoms with Gasteiger partial charge in [-0.3, -0.25) is 0 Å². The van der Waals surface area contributed by atoms with Crippen molar-refractivity contribution in [2.75, 3.05) is 0 Å². The average Bonchev–Trinajstić information content (AvgIpc) is 2.76. The fourth-order valence-electron chi connectivity index (χ4n) is 1.71. The van der Waals surface area contributed by atoms with Gasteiger partial charge in [-0.15, -0.1) is 0 Å². The first kappa shape index (κ1) is 8.80. The van der Waals surface area contributed by atoms with E-state index in [4.69, 9.17) is 0 Å². The summed E-state index contributed by atoms with van der Waals surface area (Å²) in [6, 6.07) is 10.3. The number of rotatable bonds is 1. The molecule has 3 heteroatoms. The van der Waals surface area contributed by atoms with Crippen LogP contribution in [0.2, 0.25) is 0 Å². The van der Waals surface area contributed by atoms with Crippen molar-refractivity contribution in [3.8, 4) is 10.6 Å². The molecule has 3 rings (SSSR count). The lowest BCUT2D eigenvalue weighted by atomic mass is 10.2. The van der Waals surface area contributed by atoms with E-state index >= 15 is 0 Å². The molecule has 1 aliphatic rings. The third-order valence-electron chi connectivity index (χ3n) is 2.41. The molecule has 0 radical (unpaired) electrons. The molecule has 0 saturated carbocycles. The van der Waals surface area contributed by atoms with Gasteiger partial charge in [0.15, 0.2) is 0 Å². The molecule has 15 heavy (non-hydrogen) atoms. The molecule has 74 valence electrons. The summed E-state index contributed by atoms with van der Waals surface area (Å²) in [5.74, 6) is 0. The highest BCUT2D eigenvalue weighted by atomic mass is 32.1. The zero-order chi connectivity index (χ0) is 10.3. The number of aromatic nitrogens is 1. The maximum Gasteiger partial charge on any atom is 0.139 e. The summed E-state index contributed by atoms with van der Waals surface area (Å²) < 4.78 is 0. The molecular formula is C12H10N2S. The minimum atomic E-state index is 0.915. The zero-order valence-electron chi connectivity index (χ0n) is 8.40. The summed E-state index contributed by atoms with van der Waals surface area (Å²) in [5.41, 5.74) is 3.49. The van der Waals surface area contributed by atoms with Gasteiger partial charge < -0.3 is 0 Å². The summed E-state index contributed by atoms with van der Waals surface area (Å²) in [7, 11) is 0. The Morgan fingerprint density at radius 1 is 1.20 bits per heavy atom. The second-order valence-electron chi connectivity index (χ2n) is 3.66. The standard InChI is InChI=1S/C12H10N2S/c1-8-7-10-12(13-8)15-11(14-10)9-5-3-2-4-6-9/h2-6H,7H2,1H3. The molecule has 0 aliphatic carbocycles. The van der Waals surface area contributed by atoms with Crippen molar-refractivity contribution < 1.29 is 0 Å². The van der Waals surface area contributed by atoms with Crippen molar-refractivity contribution in [1.29, 1.82) is 0 Å². The third-order valence-corrected chi connectivity index (χ3v) is 3.45. The molecule has 0 fully saturated rings. The molecule has 1 aromatic carbocycles. The fourth-order valence-corrected chi connectivity index (χ4v) is 2.74. The summed E-state index contributed by atoms with van der Waals surface area (Å²) in [6.07, 6.45) is 0.915. The minimum absolute atomic E-state index is 0.915. The Kier molecular flexibility index (Phi) is 1.92. The van der Waals surface area contributed by atoms with E-state index in [1.54, 1.807) is 11.3 Å². The van der Waals surface area contributed by atoms with Gasteiger partial charge in [0, 0.05) is 17.7 Å². The number of nitrogens with zero attached hydrogens (tertiary/aromatic N) is 2. The summed E-state index contributed by atoms with van der Waals surface area (Å²) in [4.78, 5) is 9.09. The van der Waals surface area contributed by atoms with Gasteiger partial charge in [0.2, 0.25) is 0 Å². The first-order chi connectivity index (χ1) is 7.33. The van der Waals surface area contributed by atoms with Crippen LogP contribution in [0.5, 0.6) is 0 Å². The van der Waals surface area contributed by atoms with E-state index in [0.29, 0.717) is 0 Å². The minimum Gasteiger partial charge on any atom is -0.245 e. The van der Waals surface area contributed by atoms with Crippen LogP contribution < -0.4 is 0 Å². The van der Waals surface area contributed by atoms with E-state index in [1.165, 1.54) is 11.3 Å². The normalized spacial score (nSPS) is 13.8. The molecule has 2 heterocycles. The van der Waals surface area contributed by atoms with Crippen LogP contribution in [0, 0.1) is 0 Å². The third kappa shape index (κ3) is 1.49. The largest absolute Gasteiger partial charge is 0.245 e. The molecule has 2 aromatic rings. The Bertz CT molecular complexity index is 526. The van der Waals surface area contributed by atoms with Crippen molar-refractivity contribution in [2.24, 2.45) is 4.99 Å². The van der Waals surface area contributed by atoms with E-state index in [9.17, 15) is 0 Å². The summed E-state index contributed by atoms with van der Waals surface area (Å²) in [6.45, 7) is 2.05.